The summed E-state index contributed by atoms with van der Waals surface area (Å²) in [5.41, 5.74) is 6.03. The summed E-state index contributed by atoms with van der Waals surface area (Å²) in [6.45, 7) is 12.5. The van der Waals surface area contributed by atoms with Gasteiger partial charge in [-0.05, 0) is 72.9 Å². The van der Waals surface area contributed by atoms with Crippen molar-refractivity contribution in [2.24, 2.45) is 0 Å². The van der Waals surface area contributed by atoms with Crippen molar-refractivity contribution in [2.45, 2.75) is 20.8 Å². The Balaban J connectivity index is 1.77. The lowest BCUT2D eigenvalue weighted by Crippen LogP contribution is -2.07. The summed E-state index contributed by atoms with van der Waals surface area (Å²) < 4.78 is 10.5. The second kappa shape index (κ2) is 9.26. The van der Waals surface area contributed by atoms with Crippen LogP contribution in [-0.4, -0.2) is 11.9 Å². The summed E-state index contributed by atoms with van der Waals surface area (Å²) in [5.74, 6) is 0.0954. The molecule has 0 amide bonds. The molecule has 0 fully saturated rings. The van der Waals surface area contributed by atoms with E-state index in [1.807, 2.05) is 30.3 Å². The third-order valence-corrected chi connectivity index (χ3v) is 4.70. The molecule has 0 aliphatic rings. The van der Waals surface area contributed by atoms with Gasteiger partial charge >= 0.3 is 11.9 Å². The van der Waals surface area contributed by atoms with Crippen molar-refractivity contribution in [2.75, 3.05) is 0 Å². The van der Waals surface area contributed by atoms with E-state index in [1.54, 1.807) is 38.1 Å². The van der Waals surface area contributed by atoms with Crippen LogP contribution in [0.3, 0.4) is 0 Å². The third-order valence-electron chi connectivity index (χ3n) is 4.70. The Kier molecular flexibility index (Phi) is 6.51. The van der Waals surface area contributed by atoms with Gasteiger partial charge in [0.2, 0.25) is 0 Å². The van der Waals surface area contributed by atoms with Crippen molar-refractivity contribution in [3.63, 3.8) is 0 Å². The quantitative estimate of drug-likeness (QED) is 0.271. The van der Waals surface area contributed by atoms with E-state index in [1.165, 1.54) is 0 Å². The van der Waals surface area contributed by atoms with Gasteiger partial charge < -0.3 is 9.47 Å². The Morgan fingerprint density at radius 1 is 0.645 bits per heavy atom. The molecular formula is C27H24O4. The fourth-order valence-electron chi connectivity index (χ4n) is 2.97. The summed E-state index contributed by atoms with van der Waals surface area (Å²) in [5, 5.41) is 0. The molecule has 4 heteroatoms. The van der Waals surface area contributed by atoms with Crippen molar-refractivity contribution in [3.05, 3.63) is 96.6 Å². The van der Waals surface area contributed by atoms with Gasteiger partial charge in [0.05, 0.1) is 0 Å². The van der Waals surface area contributed by atoms with Gasteiger partial charge in [0, 0.05) is 11.1 Å². The van der Waals surface area contributed by atoms with E-state index in [0.29, 0.717) is 22.6 Å². The second-order valence-electron chi connectivity index (χ2n) is 7.42. The minimum atomic E-state index is -0.437. The van der Waals surface area contributed by atoms with Crippen molar-refractivity contribution in [1.82, 2.24) is 0 Å². The summed E-state index contributed by atoms with van der Waals surface area (Å²) in [7, 11) is 0. The molecule has 0 radical (unpaired) electrons. The van der Waals surface area contributed by atoms with Crippen LogP contribution < -0.4 is 9.47 Å². The van der Waals surface area contributed by atoms with Gasteiger partial charge in [0.15, 0.2) is 0 Å². The first-order valence-corrected chi connectivity index (χ1v) is 9.81. The van der Waals surface area contributed by atoms with E-state index < -0.39 is 11.9 Å². The molecule has 3 aromatic carbocycles. The maximum atomic E-state index is 11.6. The van der Waals surface area contributed by atoms with E-state index in [2.05, 4.69) is 32.2 Å². The fourth-order valence-corrected chi connectivity index (χ4v) is 2.97. The second-order valence-corrected chi connectivity index (χ2v) is 7.42. The van der Waals surface area contributed by atoms with Gasteiger partial charge in [0.25, 0.3) is 0 Å². The average molecular weight is 412 g/mol. The number of esters is 2. The van der Waals surface area contributed by atoms with Crippen molar-refractivity contribution >= 4 is 11.9 Å². The maximum absolute atomic E-state index is 11.6. The van der Waals surface area contributed by atoms with Crippen LogP contribution in [0.1, 0.15) is 19.4 Å². The molecule has 3 rings (SSSR count). The molecule has 0 atom stereocenters. The average Bonchev–Trinajstić information content (AvgIpc) is 2.74. The van der Waals surface area contributed by atoms with Crippen LogP contribution in [0, 0.1) is 6.92 Å². The zero-order valence-corrected chi connectivity index (χ0v) is 17.9. The monoisotopic (exact) mass is 412 g/mol. The molecule has 0 aromatic heterocycles. The van der Waals surface area contributed by atoms with E-state index in [0.717, 1.165) is 27.8 Å². The number of aryl methyl sites for hydroxylation is 1. The van der Waals surface area contributed by atoms with Crippen molar-refractivity contribution < 1.29 is 19.1 Å². The Morgan fingerprint density at radius 3 is 1.48 bits per heavy atom. The third kappa shape index (κ3) is 5.37. The Morgan fingerprint density at radius 2 is 1.06 bits per heavy atom. The molecule has 31 heavy (non-hydrogen) atoms. The SMILES string of the molecule is C=C(C)C(=O)Oc1ccc(-c2ccc(-c3ccc(OC(=O)C(=C)C)cc3)c(C)c2)cc1. The van der Waals surface area contributed by atoms with E-state index in [9.17, 15) is 9.59 Å². The Bertz CT molecular complexity index is 1150. The molecule has 0 aliphatic heterocycles. The summed E-state index contributed by atoms with van der Waals surface area (Å²) in [6, 6.07) is 21.0. The van der Waals surface area contributed by atoms with Crippen LogP contribution in [0.15, 0.2) is 91.0 Å². The number of carbonyl (C=O) groups excluding carboxylic acids is 2. The smallest absolute Gasteiger partial charge is 0.338 e. The lowest BCUT2D eigenvalue weighted by atomic mass is 9.96. The molecule has 0 heterocycles. The Labute approximate surface area is 182 Å². The van der Waals surface area contributed by atoms with E-state index >= 15 is 0 Å². The highest BCUT2D eigenvalue weighted by atomic mass is 16.5. The van der Waals surface area contributed by atoms with Crippen LogP contribution in [0.5, 0.6) is 11.5 Å². The number of ether oxygens (including phenoxy) is 2. The van der Waals surface area contributed by atoms with Crippen molar-refractivity contribution in [1.29, 1.82) is 0 Å². The van der Waals surface area contributed by atoms with Gasteiger partial charge in [-0.1, -0.05) is 55.6 Å². The van der Waals surface area contributed by atoms with Crippen LogP contribution >= 0.6 is 0 Å². The largest absolute Gasteiger partial charge is 0.423 e. The topological polar surface area (TPSA) is 52.6 Å². The van der Waals surface area contributed by atoms with Crippen LogP contribution in [0.4, 0.5) is 0 Å². The van der Waals surface area contributed by atoms with Gasteiger partial charge in [-0.2, -0.15) is 0 Å². The number of hydrogen-bond donors (Lipinski definition) is 0. The molecule has 0 saturated carbocycles. The number of carbonyl (C=O) groups is 2. The number of rotatable bonds is 6. The van der Waals surface area contributed by atoms with Gasteiger partial charge in [-0.25, -0.2) is 9.59 Å². The minimum Gasteiger partial charge on any atom is -0.423 e. The van der Waals surface area contributed by atoms with Crippen molar-refractivity contribution in [3.8, 4) is 33.8 Å². The summed E-state index contributed by atoms with van der Waals surface area (Å²) in [4.78, 5) is 23.3. The first-order chi connectivity index (χ1) is 14.7. The standard InChI is InChI=1S/C27H24O4/c1-17(2)26(28)30-23-11-6-20(7-12-23)22-10-15-25(19(5)16-22)21-8-13-24(14-9-21)31-27(29)18(3)4/h6-16H,1,3H2,2,4-5H3. The highest BCUT2D eigenvalue weighted by molar-refractivity contribution is 5.89. The first kappa shape index (κ1) is 21.8. The Hall–Kier alpha value is -3.92. The first-order valence-electron chi connectivity index (χ1n) is 9.81. The predicted molar refractivity (Wildman–Crippen MR) is 123 cm³/mol. The van der Waals surface area contributed by atoms with Crippen LogP contribution in [0.2, 0.25) is 0 Å². The molecule has 3 aromatic rings. The lowest BCUT2D eigenvalue weighted by molar-refractivity contribution is -0.130. The molecule has 0 spiro atoms. The van der Waals surface area contributed by atoms with Crippen LogP contribution in [-0.2, 0) is 9.59 Å². The van der Waals surface area contributed by atoms with Gasteiger partial charge in [-0.15, -0.1) is 0 Å². The molecule has 0 saturated heterocycles. The predicted octanol–water partition coefficient (Wildman–Crippen LogP) is 6.29. The molecule has 0 aliphatic carbocycles. The van der Waals surface area contributed by atoms with Crippen LogP contribution in [0.25, 0.3) is 22.3 Å². The highest BCUT2D eigenvalue weighted by Crippen LogP contribution is 2.30. The normalized spacial score (nSPS) is 10.3. The minimum absolute atomic E-state index is 0.359. The highest BCUT2D eigenvalue weighted by Gasteiger charge is 2.09. The van der Waals surface area contributed by atoms with E-state index in [-0.39, 0.29) is 0 Å². The molecule has 0 N–H and O–H groups in total. The molecule has 4 nitrogen and oxygen atoms in total. The zero-order valence-electron chi connectivity index (χ0n) is 17.9. The number of benzene rings is 3. The maximum Gasteiger partial charge on any atom is 0.338 e. The summed E-state index contributed by atoms with van der Waals surface area (Å²) >= 11 is 0. The zero-order chi connectivity index (χ0) is 22.5. The number of hydrogen-bond acceptors (Lipinski definition) is 4. The summed E-state index contributed by atoms with van der Waals surface area (Å²) in [6.07, 6.45) is 0. The molecule has 0 unspecified atom stereocenters. The lowest BCUT2D eigenvalue weighted by Gasteiger charge is -2.11. The molecule has 156 valence electrons. The van der Waals surface area contributed by atoms with E-state index in [4.69, 9.17) is 9.47 Å². The van der Waals surface area contributed by atoms with Gasteiger partial charge in [-0.3, -0.25) is 0 Å². The van der Waals surface area contributed by atoms with Gasteiger partial charge in [0.1, 0.15) is 11.5 Å². The molecule has 0 bridgehead atoms. The fraction of sp³-hybridized carbons (Fsp3) is 0.111. The molecular weight excluding hydrogens is 388 g/mol.